The fraction of sp³-hybridized carbons (Fsp3) is 0.438. The molecule has 4 heterocycles. The molecule has 0 saturated carbocycles. The molecule has 0 spiro atoms. The van der Waals surface area contributed by atoms with E-state index in [0.717, 1.165) is 0 Å². The maximum absolute atomic E-state index is 12.9. The number of hydrogen-bond acceptors (Lipinski definition) is 15. The number of ether oxygens (including phenoxy) is 2. The lowest BCUT2D eigenvalue weighted by Crippen LogP contribution is -2.70. The molecule has 8 N–H and O–H groups in total. The van der Waals surface area contributed by atoms with E-state index in [0.29, 0.717) is 32.6 Å². The maximum Gasteiger partial charge on any atom is 0.339 e. The molecule has 0 radical (unpaired) electrons. The minimum absolute atomic E-state index is 0.153. The average molecular weight is 744 g/mol. The van der Waals surface area contributed by atoms with Crippen molar-refractivity contribution < 1.29 is 59.2 Å². The van der Waals surface area contributed by atoms with Gasteiger partial charge in [-0.15, -0.1) is 0 Å². The number of thioether (sulfide) groups is 1. The Morgan fingerprint density at radius 2 is 1.02 bits per heavy atom. The van der Waals surface area contributed by atoms with Crippen LogP contribution in [-0.2, 0) is 22.3 Å². The molecule has 49 heavy (non-hydrogen) atoms. The van der Waals surface area contributed by atoms with Crippen LogP contribution in [0.4, 0.5) is 0 Å². The molecule has 2 aromatic carbocycles. The van der Waals surface area contributed by atoms with Crippen LogP contribution in [0.25, 0.3) is 21.9 Å². The van der Waals surface area contributed by atoms with Crippen molar-refractivity contribution in [2.24, 2.45) is 0 Å². The summed E-state index contributed by atoms with van der Waals surface area (Å²) >= 11 is 12.6. The van der Waals surface area contributed by atoms with Gasteiger partial charge in [0.1, 0.15) is 69.9 Å². The van der Waals surface area contributed by atoms with Crippen LogP contribution in [0, 0.1) is 0 Å². The second-order valence-electron chi connectivity index (χ2n) is 12.2. The Kier molecular flexibility index (Phi) is 10.2. The number of fused-ring (bicyclic) bond motifs is 2. The zero-order chi connectivity index (χ0) is 35.4. The summed E-state index contributed by atoms with van der Waals surface area (Å²) in [4.78, 5) is 25.7. The number of halogens is 2. The first kappa shape index (κ1) is 36.2. The molecule has 6 rings (SSSR count). The highest BCUT2D eigenvalue weighted by molar-refractivity contribution is 8.00. The maximum atomic E-state index is 12.9. The van der Waals surface area contributed by atoms with E-state index < -0.39 is 96.0 Å². The van der Waals surface area contributed by atoms with Gasteiger partial charge in [-0.25, -0.2) is 9.59 Å². The van der Waals surface area contributed by atoms with Gasteiger partial charge >= 0.3 is 11.3 Å². The number of aliphatic hydroxyl groups is 8. The SMILES string of the molecule is O=c1oc2ccc(Cl)cc2cc1C[C@]1(O)[C@@H](O)[C@@H](CO)O[C@@H](S[C@@H]2O[C@H](CO)[C@H](O)[C@@](O)(Cc3cc4cc(Cl)ccc4oc3=O)[C@H]2O)[C@@H]1O. The van der Waals surface area contributed by atoms with Crippen LogP contribution in [0.1, 0.15) is 11.1 Å². The molecule has 2 aromatic heterocycles. The summed E-state index contributed by atoms with van der Waals surface area (Å²) in [5, 5.41) is 89.9. The summed E-state index contributed by atoms with van der Waals surface area (Å²) in [5.41, 5.74) is -10.0. The Hall–Kier alpha value is -2.61. The van der Waals surface area contributed by atoms with Crippen molar-refractivity contribution in [1.82, 2.24) is 0 Å². The van der Waals surface area contributed by atoms with Gasteiger partial charge in [0, 0.05) is 44.8 Å². The quantitative estimate of drug-likeness (QED) is 0.111. The summed E-state index contributed by atoms with van der Waals surface area (Å²) in [6, 6.07) is 11.7. The molecule has 2 saturated heterocycles. The molecular formula is C32H32Cl2O14S. The van der Waals surface area contributed by atoms with Gasteiger partial charge in [-0.2, -0.15) is 0 Å². The van der Waals surface area contributed by atoms with Crippen molar-refractivity contribution in [3.05, 3.63) is 90.5 Å². The Morgan fingerprint density at radius 1 is 0.633 bits per heavy atom. The molecule has 17 heteroatoms. The van der Waals surface area contributed by atoms with E-state index in [1.165, 1.54) is 48.5 Å². The molecular weight excluding hydrogens is 711 g/mol. The second kappa shape index (κ2) is 13.8. The normalized spacial score (nSPS) is 33.7. The first-order valence-corrected chi connectivity index (χ1v) is 16.7. The summed E-state index contributed by atoms with van der Waals surface area (Å²) in [7, 11) is 0. The first-order chi connectivity index (χ1) is 23.2. The molecule has 264 valence electrons. The third-order valence-corrected chi connectivity index (χ3v) is 10.7. The number of hydrogen-bond donors (Lipinski definition) is 8. The van der Waals surface area contributed by atoms with Gasteiger partial charge in [0.25, 0.3) is 0 Å². The zero-order valence-corrected chi connectivity index (χ0v) is 27.6. The molecule has 4 aromatic rings. The Labute approximate surface area is 290 Å². The van der Waals surface area contributed by atoms with E-state index in [-0.39, 0.29) is 22.3 Å². The van der Waals surface area contributed by atoms with Gasteiger partial charge < -0.3 is 59.2 Å². The lowest BCUT2D eigenvalue weighted by molar-refractivity contribution is -0.263. The molecule has 2 fully saturated rings. The van der Waals surface area contributed by atoms with Crippen molar-refractivity contribution in [3.8, 4) is 0 Å². The summed E-state index contributed by atoms with van der Waals surface area (Å²) in [6.45, 7) is -1.71. The number of benzene rings is 2. The Balaban J connectivity index is 1.30. The highest BCUT2D eigenvalue weighted by Crippen LogP contribution is 2.43. The van der Waals surface area contributed by atoms with Crippen LogP contribution < -0.4 is 11.3 Å². The molecule has 0 unspecified atom stereocenters. The van der Waals surface area contributed by atoms with E-state index in [1.54, 1.807) is 0 Å². The van der Waals surface area contributed by atoms with Crippen molar-refractivity contribution in [3.63, 3.8) is 0 Å². The zero-order valence-electron chi connectivity index (χ0n) is 25.3. The minimum Gasteiger partial charge on any atom is -0.423 e. The average Bonchev–Trinajstić information content (AvgIpc) is 3.06. The van der Waals surface area contributed by atoms with Crippen LogP contribution in [0.3, 0.4) is 0 Å². The fourth-order valence-electron chi connectivity index (χ4n) is 6.29. The van der Waals surface area contributed by atoms with Crippen LogP contribution in [-0.4, -0.2) is 113 Å². The van der Waals surface area contributed by atoms with E-state index in [1.807, 2.05) is 0 Å². The van der Waals surface area contributed by atoms with Crippen LogP contribution in [0.2, 0.25) is 10.0 Å². The van der Waals surface area contributed by atoms with Gasteiger partial charge in [-0.05, 0) is 48.5 Å². The summed E-state index contributed by atoms with van der Waals surface area (Å²) in [5.74, 6) is 0. The van der Waals surface area contributed by atoms with E-state index in [4.69, 9.17) is 41.5 Å². The smallest absolute Gasteiger partial charge is 0.339 e. The van der Waals surface area contributed by atoms with Crippen molar-refractivity contribution in [1.29, 1.82) is 0 Å². The molecule has 0 aliphatic carbocycles. The molecule has 0 amide bonds. The summed E-state index contributed by atoms with van der Waals surface area (Å²) < 4.78 is 22.0. The lowest BCUT2D eigenvalue weighted by atomic mass is 9.80. The standard InChI is InChI=1S/C32H32Cl2O14S/c33-17-1-3-19-13(7-17)5-15(27(41)45-19)9-31(43)23(37)21(11-35)47-29(25(31)39)49-30-26(40)32(44,24(38)22(12-36)48-30)10-16-6-14-8-18(34)2-4-20(14)46-28(16)42/h1-8,21-26,29-30,35-40,43-44H,9-12H2/t21-,22-,23+,24+,25+,26+,29+,30+,31+,32+/m1/s1. The predicted octanol–water partition coefficient (Wildman–Crippen LogP) is 0.0648. The topological polar surface area (TPSA) is 241 Å². The summed E-state index contributed by atoms with van der Waals surface area (Å²) in [6.07, 6.45) is -12.4. The largest absolute Gasteiger partial charge is 0.423 e. The predicted molar refractivity (Wildman–Crippen MR) is 175 cm³/mol. The van der Waals surface area contributed by atoms with Gasteiger partial charge in [0.2, 0.25) is 0 Å². The highest BCUT2D eigenvalue weighted by Gasteiger charge is 2.59. The van der Waals surface area contributed by atoms with Gasteiger partial charge in [0.15, 0.2) is 0 Å². The van der Waals surface area contributed by atoms with E-state index in [2.05, 4.69) is 0 Å². The third kappa shape index (κ3) is 6.65. The number of aliphatic hydroxyl groups excluding tert-OH is 6. The number of rotatable bonds is 8. The van der Waals surface area contributed by atoms with E-state index in [9.17, 15) is 50.4 Å². The molecule has 0 bridgehead atoms. The Morgan fingerprint density at radius 3 is 1.39 bits per heavy atom. The molecule has 2 aliphatic heterocycles. The van der Waals surface area contributed by atoms with Gasteiger partial charge in [0.05, 0.1) is 13.2 Å². The van der Waals surface area contributed by atoms with Crippen molar-refractivity contribution in [2.75, 3.05) is 13.2 Å². The van der Waals surface area contributed by atoms with Crippen LogP contribution in [0.15, 0.2) is 67.0 Å². The molecule has 10 atom stereocenters. The third-order valence-electron chi connectivity index (χ3n) is 8.99. The Bertz CT molecular complexity index is 1830. The minimum atomic E-state index is -2.55. The van der Waals surface area contributed by atoms with Crippen LogP contribution >= 0.6 is 35.0 Å². The van der Waals surface area contributed by atoms with Gasteiger partial charge in [-0.1, -0.05) is 35.0 Å². The van der Waals surface area contributed by atoms with Crippen molar-refractivity contribution in [2.45, 2.75) is 71.5 Å². The lowest BCUT2D eigenvalue weighted by Gasteiger charge is -2.51. The van der Waals surface area contributed by atoms with Crippen molar-refractivity contribution >= 4 is 56.9 Å². The van der Waals surface area contributed by atoms with Gasteiger partial charge in [-0.3, -0.25) is 0 Å². The highest BCUT2D eigenvalue weighted by atomic mass is 35.5. The second-order valence-corrected chi connectivity index (χ2v) is 14.3. The molecule has 14 nitrogen and oxygen atoms in total. The monoisotopic (exact) mass is 742 g/mol. The first-order valence-electron chi connectivity index (χ1n) is 15.0. The van der Waals surface area contributed by atoms with E-state index >= 15 is 0 Å². The molecule has 2 aliphatic rings. The fourth-order valence-corrected chi connectivity index (χ4v) is 8.10. The van der Waals surface area contributed by atoms with Crippen LogP contribution in [0.5, 0.6) is 0 Å².